The molecule has 0 aromatic heterocycles. The number of carbonyl (C=O) groups excluding carboxylic acids is 1. The highest BCUT2D eigenvalue weighted by Crippen LogP contribution is 2.32. The lowest BCUT2D eigenvalue weighted by Crippen LogP contribution is -2.53. The van der Waals surface area contributed by atoms with Gasteiger partial charge in [-0.1, -0.05) is 47.3 Å². The molecule has 1 aromatic carbocycles. The van der Waals surface area contributed by atoms with Crippen molar-refractivity contribution < 1.29 is 4.79 Å². The molecule has 1 atom stereocenters. The zero-order valence-electron chi connectivity index (χ0n) is 13.4. The number of amides is 1. The molecule has 0 radical (unpaired) electrons. The van der Waals surface area contributed by atoms with E-state index in [4.69, 9.17) is 0 Å². The van der Waals surface area contributed by atoms with Gasteiger partial charge in [-0.15, -0.1) is 12.4 Å². The van der Waals surface area contributed by atoms with Crippen LogP contribution in [0.4, 0.5) is 0 Å². The highest BCUT2D eigenvalue weighted by Gasteiger charge is 2.36. The molecule has 5 heteroatoms. The maximum absolute atomic E-state index is 12.6. The first kappa shape index (κ1) is 18.8. The van der Waals surface area contributed by atoms with Crippen molar-refractivity contribution in [3.63, 3.8) is 0 Å². The van der Waals surface area contributed by atoms with Crippen molar-refractivity contribution >= 4 is 34.2 Å². The Morgan fingerprint density at radius 3 is 2.52 bits per heavy atom. The summed E-state index contributed by atoms with van der Waals surface area (Å²) < 4.78 is 1.11. The van der Waals surface area contributed by atoms with Crippen molar-refractivity contribution in [1.29, 1.82) is 0 Å². The van der Waals surface area contributed by atoms with E-state index in [0.717, 1.165) is 43.2 Å². The Kier molecular flexibility index (Phi) is 6.93. The Balaban J connectivity index is 0.00000192. The molecule has 0 bridgehead atoms. The number of rotatable bonds is 4. The van der Waals surface area contributed by atoms with Crippen LogP contribution in [0.1, 0.15) is 44.1 Å². The van der Waals surface area contributed by atoms with Gasteiger partial charge in [0.25, 0.3) is 0 Å². The first-order valence-corrected chi connectivity index (χ1v) is 9.23. The van der Waals surface area contributed by atoms with Gasteiger partial charge in [-0.2, -0.15) is 0 Å². The van der Waals surface area contributed by atoms with Crippen LogP contribution in [0.3, 0.4) is 0 Å². The third-order valence-corrected chi connectivity index (χ3v) is 5.61. The second-order valence-electron chi connectivity index (χ2n) is 6.82. The minimum absolute atomic E-state index is 0. The van der Waals surface area contributed by atoms with E-state index in [2.05, 4.69) is 50.8 Å². The molecule has 1 aliphatic carbocycles. The Bertz CT molecular complexity index is 508. The first-order chi connectivity index (χ1) is 10.7. The van der Waals surface area contributed by atoms with Crippen molar-refractivity contribution in [2.24, 2.45) is 5.92 Å². The molecule has 2 fully saturated rings. The van der Waals surface area contributed by atoms with Crippen LogP contribution in [0.5, 0.6) is 0 Å². The van der Waals surface area contributed by atoms with E-state index in [1.165, 1.54) is 24.8 Å². The summed E-state index contributed by atoms with van der Waals surface area (Å²) in [5, 5.41) is 6.74. The zero-order valence-corrected chi connectivity index (χ0v) is 15.8. The number of carbonyl (C=O) groups is 1. The number of nitrogens with one attached hydrogen (secondary N) is 2. The molecule has 23 heavy (non-hydrogen) atoms. The molecule has 3 rings (SSSR count). The maximum Gasteiger partial charge on any atom is 0.224 e. The van der Waals surface area contributed by atoms with Gasteiger partial charge in [0.2, 0.25) is 5.91 Å². The summed E-state index contributed by atoms with van der Waals surface area (Å²) in [5.41, 5.74) is 1.28. The van der Waals surface area contributed by atoms with E-state index in [1.54, 1.807) is 0 Å². The lowest BCUT2D eigenvalue weighted by atomic mass is 9.77. The van der Waals surface area contributed by atoms with Gasteiger partial charge >= 0.3 is 0 Å². The van der Waals surface area contributed by atoms with Crippen LogP contribution in [0.15, 0.2) is 28.7 Å². The van der Waals surface area contributed by atoms with E-state index in [1.807, 2.05) is 0 Å². The standard InChI is InChI=1S/C18H25BrN2O.ClH/c19-16-6-4-14(5-7-16)12-18(9-2-1-3-10-18)21-17(22)15-8-11-20-13-15;/h4-7,15,20H,1-3,8-13H2,(H,21,22);1H. The largest absolute Gasteiger partial charge is 0.350 e. The molecular formula is C18H26BrClN2O. The average Bonchev–Trinajstić information content (AvgIpc) is 3.05. The van der Waals surface area contributed by atoms with Gasteiger partial charge in [-0.3, -0.25) is 4.79 Å². The highest BCUT2D eigenvalue weighted by molar-refractivity contribution is 9.10. The smallest absolute Gasteiger partial charge is 0.224 e. The average molecular weight is 402 g/mol. The van der Waals surface area contributed by atoms with E-state index in [-0.39, 0.29) is 29.8 Å². The third kappa shape index (κ3) is 4.94. The van der Waals surface area contributed by atoms with Gasteiger partial charge in [-0.25, -0.2) is 0 Å². The van der Waals surface area contributed by atoms with E-state index in [9.17, 15) is 4.79 Å². The van der Waals surface area contributed by atoms with Crippen LogP contribution in [0.25, 0.3) is 0 Å². The topological polar surface area (TPSA) is 41.1 Å². The van der Waals surface area contributed by atoms with Gasteiger partial charge in [0.05, 0.1) is 5.92 Å². The van der Waals surface area contributed by atoms with Crippen molar-refractivity contribution in [1.82, 2.24) is 10.6 Å². The summed E-state index contributed by atoms with van der Waals surface area (Å²) in [4.78, 5) is 12.6. The fourth-order valence-electron chi connectivity index (χ4n) is 3.81. The summed E-state index contributed by atoms with van der Waals surface area (Å²) >= 11 is 3.49. The second-order valence-corrected chi connectivity index (χ2v) is 7.74. The van der Waals surface area contributed by atoms with E-state index < -0.39 is 0 Å². The fraction of sp³-hybridized carbons (Fsp3) is 0.611. The molecular weight excluding hydrogens is 376 g/mol. The van der Waals surface area contributed by atoms with Crippen molar-refractivity contribution in [3.05, 3.63) is 34.3 Å². The van der Waals surface area contributed by atoms with Crippen LogP contribution in [0.2, 0.25) is 0 Å². The Labute approximate surface area is 153 Å². The summed E-state index contributed by atoms with van der Waals surface area (Å²) in [6, 6.07) is 8.52. The molecule has 1 saturated carbocycles. The van der Waals surface area contributed by atoms with Gasteiger partial charge in [0, 0.05) is 16.6 Å². The normalized spacial score (nSPS) is 23.1. The molecule has 1 aliphatic heterocycles. The fourth-order valence-corrected chi connectivity index (χ4v) is 4.07. The molecule has 2 N–H and O–H groups in total. The molecule has 128 valence electrons. The molecule has 1 saturated heterocycles. The van der Waals surface area contributed by atoms with Gasteiger partial charge < -0.3 is 10.6 Å². The summed E-state index contributed by atoms with van der Waals surface area (Å²) in [6.45, 7) is 1.80. The number of halogens is 2. The van der Waals surface area contributed by atoms with Crippen LogP contribution in [-0.4, -0.2) is 24.5 Å². The van der Waals surface area contributed by atoms with Crippen molar-refractivity contribution in [2.45, 2.75) is 50.5 Å². The van der Waals surface area contributed by atoms with E-state index in [0.29, 0.717) is 0 Å². The van der Waals surface area contributed by atoms with Gasteiger partial charge in [0.15, 0.2) is 0 Å². The molecule has 1 unspecified atom stereocenters. The molecule has 1 amide bonds. The van der Waals surface area contributed by atoms with Crippen LogP contribution >= 0.6 is 28.3 Å². The zero-order chi connectivity index (χ0) is 15.4. The summed E-state index contributed by atoms with van der Waals surface area (Å²) in [6.07, 6.45) is 7.87. The molecule has 1 aromatic rings. The Morgan fingerprint density at radius 2 is 1.91 bits per heavy atom. The first-order valence-electron chi connectivity index (χ1n) is 8.44. The highest BCUT2D eigenvalue weighted by atomic mass is 79.9. The Hall–Kier alpha value is -0.580. The predicted molar refractivity (Wildman–Crippen MR) is 100 cm³/mol. The molecule has 1 heterocycles. The van der Waals surface area contributed by atoms with Gasteiger partial charge in [-0.05, 0) is 49.9 Å². The molecule has 2 aliphatic rings. The maximum atomic E-state index is 12.6. The number of hydrogen-bond acceptors (Lipinski definition) is 2. The third-order valence-electron chi connectivity index (χ3n) is 5.09. The monoisotopic (exact) mass is 400 g/mol. The summed E-state index contributed by atoms with van der Waals surface area (Å²) in [5.74, 6) is 0.410. The molecule has 0 spiro atoms. The quantitative estimate of drug-likeness (QED) is 0.805. The van der Waals surface area contributed by atoms with Crippen LogP contribution in [0, 0.1) is 5.92 Å². The van der Waals surface area contributed by atoms with E-state index >= 15 is 0 Å². The second kappa shape index (κ2) is 8.50. The predicted octanol–water partition coefficient (Wildman–Crippen LogP) is 3.84. The Morgan fingerprint density at radius 1 is 1.22 bits per heavy atom. The van der Waals surface area contributed by atoms with Crippen LogP contribution in [-0.2, 0) is 11.2 Å². The summed E-state index contributed by atoms with van der Waals surface area (Å²) in [7, 11) is 0. The number of hydrogen-bond donors (Lipinski definition) is 2. The number of benzene rings is 1. The lowest BCUT2D eigenvalue weighted by Gasteiger charge is -2.39. The van der Waals surface area contributed by atoms with Crippen LogP contribution < -0.4 is 10.6 Å². The lowest BCUT2D eigenvalue weighted by molar-refractivity contribution is -0.126. The molecule has 3 nitrogen and oxygen atoms in total. The minimum Gasteiger partial charge on any atom is -0.350 e. The van der Waals surface area contributed by atoms with Gasteiger partial charge in [0.1, 0.15) is 0 Å². The minimum atomic E-state index is -0.0360. The van der Waals surface area contributed by atoms with Crippen molar-refractivity contribution in [3.8, 4) is 0 Å². The van der Waals surface area contributed by atoms with Crippen molar-refractivity contribution in [2.75, 3.05) is 13.1 Å². The SMILES string of the molecule is Cl.O=C(NC1(Cc2ccc(Br)cc2)CCCCC1)C1CCNC1.